The van der Waals surface area contributed by atoms with E-state index >= 15 is 0 Å². The van der Waals surface area contributed by atoms with Crippen molar-refractivity contribution >= 4 is 50.1 Å². The normalized spacial score (nSPS) is 11.2. The van der Waals surface area contributed by atoms with Crippen molar-refractivity contribution < 1.29 is 4.92 Å². The van der Waals surface area contributed by atoms with E-state index in [1.54, 1.807) is 12.1 Å². The summed E-state index contributed by atoms with van der Waals surface area (Å²) in [6.07, 6.45) is 0. The molecule has 0 fully saturated rings. The van der Waals surface area contributed by atoms with E-state index in [4.69, 9.17) is 0 Å². The van der Waals surface area contributed by atoms with Crippen molar-refractivity contribution in [1.82, 2.24) is 4.57 Å². The molecule has 0 unspecified atom stereocenters. The van der Waals surface area contributed by atoms with Crippen LogP contribution in [-0.4, -0.2) is 9.49 Å². The predicted octanol–water partition coefficient (Wildman–Crippen LogP) is 5.30. The second kappa shape index (κ2) is 5.34. The van der Waals surface area contributed by atoms with E-state index in [0.29, 0.717) is 3.57 Å². The minimum Gasteiger partial charge on any atom is -0.309 e. The number of halogens is 1. The van der Waals surface area contributed by atoms with Crippen LogP contribution in [0.25, 0.3) is 27.5 Å². The van der Waals surface area contributed by atoms with Gasteiger partial charge in [-0.2, -0.15) is 0 Å². The van der Waals surface area contributed by atoms with Crippen molar-refractivity contribution in [3.8, 4) is 5.69 Å². The molecule has 0 aliphatic carbocycles. The quantitative estimate of drug-likeness (QED) is 0.254. The number of hydrogen-bond acceptors (Lipinski definition) is 2. The van der Waals surface area contributed by atoms with Crippen LogP contribution in [0.4, 0.5) is 5.69 Å². The van der Waals surface area contributed by atoms with Gasteiger partial charge >= 0.3 is 0 Å². The molecule has 3 aromatic carbocycles. The number of para-hydroxylation sites is 2. The van der Waals surface area contributed by atoms with E-state index in [1.807, 2.05) is 65.1 Å². The van der Waals surface area contributed by atoms with Gasteiger partial charge in [-0.25, -0.2) is 0 Å². The molecule has 0 bridgehead atoms. The van der Waals surface area contributed by atoms with E-state index < -0.39 is 0 Å². The zero-order valence-electron chi connectivity index (χ0n) is 11.9. The summed E-state index contributed by atoms with van der Waals surface area (Å²) in [7, 11) is 0. The molecule has 0 aliphatic rings. The Morgan fingerprint density at radius 3 is 2.00 bits per heavy atom. The van der Waals surface area contributed by atoms with E-state index in [0.717, 1.165) is 27.5 Å². The zero-order chi connectivity index (χ0) is 16.0. The molecular weight excluding hydrogens is 403 g/mol. The van der Waals surface area contributed by atoms with Crippen LogP contribution in [0, 0.1) is 13.7 Å². The van der Waals surface area contributed by atoms with Crippen LogP contribution in [-0.2, 0) is 0 Å². The Bertz CT molecular complexity index is 1020. The Kier molecular flexibility index (Phi) is 3.30. The molecule has 1 heterocycles. The first-order chi connectivity index (χ1) is 11.2. The van der Waals surface area contributed by atoms with Gasteiger partial charge in [0.25, 0.3) is 5.69 Å². The molecule has 0 saturated heterocycles. The first-order valence-electron chi connectivity index (χ1n) is 7.09. The molecule has 0 radical (unpaired) electrons. The number of hydrogen-bond donors (Lipinski definition) is 0. The van der Waals surface area contributed by atoms with Gasteiger partial charge in [-0.05, 0) is 46.9 Å². The van der Waals surface area contributed by atoms with Crippen molar-refractivity contribution in [2.75, 3.05) is 0 Å². The molecule has 0 amide bonds. The number of nitrogens with zero attached hydrogens (tertiary/aromatic N) is 2. The highest BCUT2D eigenvalue weighted by Gasteiger charge is 2.16. The Labute approximate surface area is 145 Å². The third-order valence-electron chi connectivity index (χ3n) is 3.96. The molecule has 112 valence electrons. The summed E-state index contributed by atoms with van der Waals surface area (Å²) < 4.78 is 2.71. The fourth-order valence-electron chi connectivity index (χ4n) is 2.98. The number of fused-ring (bicyclic) bond motifs is 3. The summed E-state index contributed by atoms with van der Waals surface area (Å²) in [4.78, 5) is 10.9. The lowest BCUT2D eigenvalue weighted by Crippen LogP contribution is -1.97. The topological polar surface area (TPSA) is 48.1 Å². The molecule has 0 aliphatic heterocycles. The maximum atomic E-state index is 11.3. The summed E-state index contributed by atoms with van der Waals surface area (Å²) in [5, 5.41) is 13.5. The largest absolute Gasteiger partial charge is 0.309 e. The minimum absolute atomic E-state index is 0.130. The monoisotopic (exact) mass is 414 g/mol. The Hall–Kier alpha value is -2.41. The van der Waals surface area contributed by atoms with Crippen LogP contribution < -0.4 is 0 Å². The third-order valence-corrected chi connectivity index (χ3v) is 4.88. The van der Waals surface area contributed by atoms with Gasteiger partial charge in [-0.3, -0.25) is 10.1 Å². The summed E-state index contributed by atoms with van der Waals surface area (Å²) in [6.45, 7) is 0. The molecule has 4 rings (SSSR count). The van der Waals surface area contributed by atoms with E-state index in [-0.39, 0.29) is 10.6 Å². The molecular formula is C18H11IN2O2. The summed E-state index contributed by atoms with van der Waals surface area (Å²) in [5.74, 6) is 0. The van der Waals surface area contributed by atoms with Crippen LogP contribution in [0.1, 0.15) is 0 Å². The van der Waals surface area contributed by atoms with Crippen LogP contribution >= 0.6 is 22.6 Å². The van der Waals surface area contributed by atoms with Crippen LogP contribution in [0.3, 0.4) is 0 Å². The third kappa shape index (κ3) is 2.19. The zero-order valence-corrected chi connectivity index (χ0v) is 14.1. The Morgan fingerprint density at radius 1 is 0.870 bits per heavy atom. The van der Waals surface area contributed by atoms with Gasteiger partial charge in [0, 0.05) is 16.8 Å². The van der Waals surface area contributed by atoms with Gasteiger partial charge in [0.2, 0.25) is 0 Å². The number of benzene rings is 3. The van der Waals surface area contributed by atoms with Crippen LogP contribution in [0.15, 0.2) is 66.7 Å². The number of rotatable bonds is 2. The van der Waals surface area contributed by atoms with Gasteiger partial charge in [0.1, 0.15) is 0 Å². The molecule has 0 N–H and O–H groups in total. The second-order valence-electron chi connectivity index (χ2n) is 5.26. The highest BCUT2D eigenvalue weighted by molar-refractivity contribution is 14.1. The lowest BCUT2D eigenvalue weighted by Gasteiger charge is -2.08. The van der Waals surface area contributed by atoms with Crippen molar-refractivity contribution in [2.24, 2.45) is 0 Å². The molecule has 4 aromatic rings. The van der Waals surface area contributed by atoms with E-state index in [2.05, 4.69) is 16.7 Å². The fourth-order valence-corrected chi connectivity index (χ4v) is 3.51. The molecule has 0 saturated carbocycles. The Morgan fingerprint density at radius 2 is 1.43 bits per heavy atom. The van der Waals surface area contributed by atoms with Crippen molar-refractivity contribution in [3.63, 3.8) is 0 Å². The number of nitro groups is 1. The smallest absolute Gasteiger partial charge is 0.284 e. The van der Waals surface area contributed by atoms with Gasteiger partial charge < -0.3 is 4.57 Å². The van der Waals surface area contributed by atoms with Crippen LogP contribution in [0.5, 0.6) is 0 Å². The Balaban J connectivity index is 2.12. The standard InChI is InChI=1S/C18H11IN2O2/c19-15-10-9-12(11-18(15)21(22)23)20-16-7-3-1-5-13(16)14-6-2-4-8-17(14)20/h1-11H. The number of aromatic nitrogens is 1. The van der Waals surface area contributed by atoms with E-state index in [1.165, 1.54) is 0 Å². The van der Waals surface area contributed by atoms with Crippen molar-refractivity contribution in [1.29, 1.82) is 0 Å². The fraction of sp³-hybridized carbons (Fsp3) is 0. The maximum absolute atomic E-state index is 11.3. The minimum atomic E-state index is -0.334. The maximum Gasteiger partial charge on any atom is 0.284 e. The molecule has 5 heteroatoms. The predicted molar refractivity (Wildman–Crippen MR) is 100 cm³/mol. The summed E-state index contributed by atoms with van der Waals surface area (Å²) in [5.41, 5.74) is 3.02. The molecule has 1 aromatic heterocycles. The lowest BCUT2D eigenvalue weighted by molar-refractivity contribution is -0.385. The molecule has 23 heavy (non-hydrogen) atoms. The average Bonchev–Trinajstić information content (AvgIpc) is 2.90. The SMILES string of the molecule is O=[N+]([O-])c1cc(-n2c3ccccc3c3ccccc32)ccc1I. The first kappa shape index (κ1) is 14.2. The summed E-state index contributed by atoms with van der Waals surface area (Å²) in [6, 6.07) is 21.6. The van der Waals surface area contributed by atoms with Gasteiger partial charge in [0.15, 0.2) is 0 Å². The summed E-state index contributed by atoms with van der Waals surface area (Å²) >= 11 is 2.00. The number of nitro benzene ring substituents is 1. The lowest BCUT2D eigenvalue weighted by atomic mass is 10.2. The van der Waals surface area contributed by atoms with Crippen LogP contribution in [0.2, 0.25) is 0 Å². The van der Waals surface area contributed by atoms with Gasteiger partial charge in [-0.1, -0.05) is 36.4 Å². The highest BCUT2D eigenvalue weighted by atomic mass is 127. The van der Waals surface area contributed by atoms with E-state index in [9.17, 15) is 10.1 Å². The van der Waals surface area contributed by atoms with Crippen molar-refractivity contribution in [3.05, 3.63) is 80.4 Å². The van der Waals surface area contributed by atoms with Crippen molar-refractivity contribution in [2.45, 2.75) is 0 Å². The van der Waals surface area contributed by atoms with Gasteiger partial charge in [-0.15, -0.1) is 0 Å². The average molecular weight is 414 g/mol. The first-order valence-corrected chi connectivity index (χ1v) is 8.17. The molecule has 4 nitrogen and oxygen atoms in total. The highest BCUT2D eigenvalue weighted by Crippen LogP contribution is 2.33. The molecule has 0 spiro atoms. The van der Waals surface area contributed by atoms with Gasteiger partial charge in [0.05, 0.1) is 25.2 Å². The molecule has 0 atom stereocenters. The second-order valence-corrected chi connectivity index (χ2v) is 6.42.